The van der Waals surface area contributed by atoms with Gasteiger partial charge in [0.25, 0.3) is 0 Å². The fraction of sp³-hybridized carbons (Fsp3) is 1.00. The minimum absolute atomic E-state index is 0. The molecular formula is C12H36AuO8P4+5. The number of aliphatic hydroxyl groups excluding tert-OH is 8. The molecule has 0 aliphatic rings. The third-order valence-corrected chi connectivity index (χ3v) is 11.9. The number of hydrogen-bond acceptors (Lipinski definition) is 8. The normalized spacial score (nSPS) is 11.0. The molecule has 0 unspecified atom stereocenters. The van der Waals surface area contributed by atoms with E-state index in [2.05, 4.69) is 0 Å². The van der Waals surface area contributed by atoms with Gasteiger partial charge in [0.2, 0.25) is 0 Å². The maximum Gasteiger partial charge on any atom is 1.00 e. The first kappa shape index (κ1) is 31.8. The van der Waals surface area contributed by atoms with Gasteiger partial charge in [-0.15, -0.1) is 0 Å². The molecule has 0 radical (unpaired) electrons. The Morgan fingerprint density at radius 1 is 0.320 bits per heavy atom. The molecule has 8 N–H and O–H groups in total. The zero-order chi connectivity index (χ0) is 18.8. The van der Waals surface area contributed by atoms with Gasteiger partial charge in [-0.25, -0.2) is 0 Å². The molecule has 0 saturated carbocycles. The van der Waals surface area contributed by atoms with Gasteiger partial charge in [0.05, 0.1) is 56.3 Å². The molecule has 0 bridgehead atoms. The summed E-state index contributed by atoms with van der Waals surface area (Å²) in [4.78, 5) is 0. The first-order chi connectivity index (χ1) is 11.6. The van der Waals surface area contributed by atoms with Gasteiger partial charge >= 0.3 is 22.4 Å². The second-order valence-electron chi connectivity index (χ2n) is 5.26. The predicted molar refractivity (Wildman–Crippen MR) is 109 cm³/mol. The zero-order valence-electron chi connectivity index (χ0n) is 14.4. The van der Waals surface area contributed by atoms with E-state index in [0.717, 1.165) is 24.6 Å². The van der Waals surface area contributed by atoms with Gasteiger partial charge in [0, 0.05) is 0 Å². The van der Waals surface area contributed by atoms with E-state index < -0.39 is 31.7 Å². The molecule has 0 aromatic rings. The Hall–Kier alpha value is 2.14. The average molecular weight is 629 g/mol. The summed E-state index contributed by atoms with van der Waals surface area (Å²) in [6, 6.07) is 0. The smallest absolute Gasteiger partial charge is 0.362 e. The van der Waals surface area contributed by atoms with E-state index in [1.54, 1.807) is 0 Å². The van der Waals surface area contributed by atoms with Gasteiger partial charge in [-0.3, -0.25) is 0 Å². The Morgan fingerprint density at radius 3 is 0.520 bits per heavy atom. The molecule has 0 rings (SSSR count). The largest absolute Gasteiger partial charge is 1.00 e. The summed E-state index contributed by atoms with van der Waals surface area (Å²) in [6.07, 6.45) is 3.75. The molecular weight excluding hydrogens is 593 g/mol. The van der Waals surface area contributed by atoms with Gasteiger partial charge in [-0.1, -0.05) is 0 Å². The van der Waals surface area contributed by atoms with Crippen LogP contribution in [0, 0.1) is 0 Å². The van der Waals surface area contributed by atoms with Crippen LogP contribution < -0.4 is 0 Å². The van der Waals surface area contributed by atoms with Crippen LogP contribution in [0.15, 0.2) is 0 Å². The topological polar surface area (TPSA) is 162 Å². The van der Waals surface area contributed by atoms with E-state index in [1.807, 2.05) is 0 Å². The Bertz CT molecular complexity index is 197. The van der Waals surface area contributed by atoms with E-state index in [0.29, 0.717) is 0 Å². The Labute approximate surface area is 170 Å². The van der Waals surface area contributed by atoms with Crippen LogP contribution in [0.3, 0.4) is 0 Å². The van der Waals surface area contributed by atoms with Gasteiger partial charge in [0.1, 0.15) is 0 Å². The zero-order valence-corrected chi connectivity index (χ0v) is 20.5. The monoisotopic (exact) mass is 629 g/mol. The Kier molecular flexibility index (Phi) is 30.8. The van der Waals surface area contributed by atoms with Crippen molar-refractivity contribution in [3.63, 3.8) is 0 Å². The van der Waals surface area contributed by atoms with Gasteiger partial charge in [-0.2, -0.15) is 0 Å². The van der Waals surface area contributed by atoms with Crippen molar-refractivity contribution in [1.82, 2.24) is 0 Å². The number of hydrogen-bond donors (Lipinski definition) is 8. The number of rotatable bonds is 14. The van der Waals surface area contributed by atoms with Crippen LogP contribution in [0.5, 0.6) is 0 Å². The van der Waals surface area contributed by atoms with Crippen LogP contribution >= 0.6 is 31.7 Å². The van der Waals surface area contributed by atoms with Crippen molar-refractivity contribution in [3.8, 4) is 0 Å². The maximum absolute atomic E-state index is 8.76. The van der Waals surface area contributed by atoms with Crippen molar-refractivity contribution in [2.75, 3.05) is 75.4 Å². The van der Waals surface area contributed by atoms with Crippen molar-refractivity contribution < 1.29 is 63.2 Å². The molecule has 13 heteroatoms. The second-order valence-corrected chi connectivity index (χ2v) is 15.8. The first-order valence-corrected chi connectivity index (χ1v) is 16.3. The predicted octanol–water partition coefficient (Wildman–Crippen LogP) is -1.57. The third kappa shape index (κ3) is 19.2. The summed E-state index contributed by atoms with van der Waals surface area (Å²) in [5.41, 5.74) is 0. The summed E-state index contributed by atoms with van der Waals surface area (Å²) < 4.78 is 0. The van der Waals surface area contributed by atoms with Crippen LogP contribution in [0.2, 0.25) is 0 Å². The maximum atomic E-state index is 8.76. The molecule has 0 amide bonds. The summed E-state index contributed by atoms with van der Waals surface area (Å²) >= 11 is 0. The van der Waals surface area contributed by atoms with Crippen LogP contribution in [-0.4, -0.2) is 116 Å². The van der Waals surface area contributed by atoms with Crippen LogP contribution in [0.1, 0.15) is 0 Å². The molecule has 0 aromatic carbocycles. The van der Waals surface area contributed by atoms with Gasteiger partial charge in [0.15, 0.2) is 50.8 Å². The van der Waals surface area contributed by atoms with Crippen LogP contribution in [-0.2, 0) is 22.4 Å². The van der Waals surface area contributed by atoms with Crippen molar-refractivity contribution in [1.29, 1.82) is 0 Å². The van der Waals surface area contributed by atoms with E-state index >= 15 is 0 Å². The minimum Gasteiger partial charge on any atom is -0.362 e. The Balaban J connectivity index is -0.000000372. The van der Waals surface area contributed by atoms with E-state index in [4.69, 9.17) is 40.9 Å². The van der Waals surface area contributed by atoms with E-state index in [9.17, 15) is 0 Å². The summed E-state index contributed by atoms with van der Waals surface area (Å²) in [6.45, 7) is 0. The quantitative estimate of drug-likeness (QED) is 0.0845. The van der Waals surface area contributed by atoms with Crippen molar-refractivity contribution in [2.24, 2.45) is 0 Å². The molecule has 158 valence electrons. The number of aliphatic hydroxyl groups is 8. The molecule has 25 heavy (non-hydrogen) atoms. The molecule has 0 spiro atoms. The van der Waals surface area contributed by atoms with Gasteiger partial charge < -0.3 is 40.9 Å². The molecule has 0 aliphatic heterocycles. The standard InChI is InChI=1S/2C6H16O4P2.Au/c2*7-3-11(4-8)1-2-12(5-9)6-10;/h2*7-10H,1-6H2;/q;;+1/p+4. The Morgan fingerprint density at radius 2 is 0.440 bits per heavy atom. The summed E-state index contributed by atoms with van der Waals surface area (Å²) in [5.74, 6) is 0. The average Bonchev–Trinajstić information content (AvgIpc) is 2.63. The van der Waals surface area contributed by atoms with Crippen molar-refractivity contribution >= 4 is 31.7 Å². The van der Waals surface area contributed by atoms with Gasteiger partial charge in [-0.05, 0) is 0 Å². The molecule has 0 heterocycles. The first-order valence-electron chi connectivity index (χ1n) is 7.77. The van der Waals surface area contributed by atoms with E-state index in [1.165, 1.54) is 0 Å². The molecule has 0 aromatic heterocycles. The molecule has 0 saturated heterocycles. The van der Waals surface area contributed by atoms with Crippen LogP contribution in [0.4, 0.5) is 0 Å². The molecule has 0 fully saturated rings. The van der Waals surface area contributed by atoms with E-state index in [-0.39, 0.29) is 73.2 Å². The SMILES string of the molecule is OC[PH+](CO)CC[PH+](CO)CO.OC[PH+](CO)CC[PH+](CO)CO.[Au+]. The fourth-order valence-electron chi connectivity index (χ4n) is 1.54. The molecule has 8 nitrogen and oxygen atoms in total. The summed E-state index contributed by atoms with van der Waals surface area (Å²) in [5, 5.41) is 70.0. The minimum atomic E-state index is -1.02. The summed E-state index contributed by atoms with van der Waals surface area (Å²) in [7, 11) is -4.10. The third-order valence-electron chi connectivity index (χ3n) is 3.45. The van der Waals surface area contributed by atoms with Crippen molar-refractivity contribution in [2.45, 2.75) is 0 Å². The molecule has 0 aliphatic carbocycles. The van der Waals surface area contributed by atoms with Crippen LogP contribution in [0.25, 0.3) is 0 Å². The molecule has 0 atom stereocenters. The second kappa shape index (κ2) is 24.2. The fourth-order valence-corrected chi connectivity index (χ4v) is 8.86. The van der Waals surface area contributed by atoms with Crippen molar-refractivity contribution in [3.05, 3.63) is 0 Å².